The normalized spacial score (nSPS) is 21.8. The number of benzene rings is 1. The van der Waals surface area contributed by atoms with Gasteiger partial charge in [-0.1, -0.05) is 35.9 Å². The van der Waals surface area contributed by atoms with Crippen molar-refractivity contribution in [2.24, 2.45) is 0 Å². The van der Waals surface area contributed by atoms with Crippen molar-refractivity contribution < 1.29 is 4.79 Å². The van der Waals surface area contributed by atoms with Crippen molar-refractivity contribution in [1.82, 2.24) is 0 Å². The SMILES string of the molecule is CC1=CC(=O)C(c2ccccc2)C1. The highest BCUT2D eigenvalue weighted by Crippen LogP contribution is 2.30. The third-order valence-electron chi connectivity index (χ3n) is 2.46. The summed E-state index contributed by atoms with van der Waals surface area (Å²) in [6, 6.07) is 9.99. The van der Waals surface area contributed by atoms with Crippen molar-refractivity contribution in [3.8, 4) is 0 Å². The summed E-state index contributed by atoms with van der Waals surface area (Å²) in [6.07, 6.45) is 2.65. The predicted molar refractivity (Wildman–Crippen MR) is 52.6 cm³/mol. The van der Waals surface area contributed by atoms with E-state index in [4.69, 9.17) is 0 Å². The Hall–Kier alpha value is -1.37. The zero-order valence-corrected chi connectivity index (χ0v) is 7.66. The molecule has 1 nitrogen and oxygen atoms in total. The third kappa shape index (κ3) is 1.55. The molecule has 0 saturated carbocycles. The number of carbonyl (C=O) groups excluding carboxylic acids is 1. The summed E-state index contributed by atoms with van der Waals surface area (Å²) < 4.78 is 0. The molecule has 1 unspecified atom stereocenters. The van der Waals surface area contributed by atoms with Gasteiger partial charge in [-0.3, -0.25) is 4.79 Å². The Bertz CT molecular complexity index is 349. The maximum absolute atomic E-state index is 11.5. The molecule has 0 heterocycles. The summed E-state index contributed by atoms with van der Waals surface area (Å²) in [5.74, 6) is 0.338. The molecule has 1 aliphatic rings. The van der Waals surface area contributed by atoms with Crippen LogP contribution in [0, 0.1) is 0 Å². The molecular formula is C12H12O. The summed E-state index contributed by atoms with van der Waals surface area (Å²) in [4.78, 5) is 11.5. The Morgan fingerprint density at radius 3 is 2.46 bits per heavy atom. The number of rotatable bonds is 1. The highest BCUT2D eigenvalue weighted by molar-refractivity contribution is 5.98. The fourth-order valence-corrected chi connectivity index (χ4v) is 1.79. The quantitative estimate of drug-likeness (QED) is 0.636. The average molecular weight is 172 g/mol. The van der Waals surface area contributed by atoms with E-state index in [0.717, 1.165) is 12.0 Å². The van der Waals surface area contributed by atoms with Crippen LogP contribution in [0.4, 0.5) is 0 Å². The Balaban J connectivity index is 2.26. The van der Waals surface area contributed by atoms with Crippen LogP contribution in [0.3, 0.4) is 0 Å². The first-order chi connectivity index (χ1) is 6.27. The minimum Gasteiger partial charge on any atom is -0.294 e. The van der Waals surface area contributed by atoms with Crippen LogP contribution in [0.15, 0.2) is 42.0 Å². The van der Waals surface area contributed by atoms with Crippen molar-refractivity contribution in [3.63, 3.8) is 0 Å². The van der Waals surface area contributed by atoms with Crippen LogP contribution in [-0.4, -0.2) is 5.78 Å². The molecule has 1 atom stereocenters. The lowest BCUT2D eigenvalue weighted by atomic mass is 9.95. The minimum absolute atomic E-state index is 0.0844. The molecule has 0 aromatic heterocycles. The van der Waals surface area contributed by atoms with E-state index in [1.54, 1.807) is 6.08 Å². The average Bonchev–Trinajstić information content (AvgIpc) is 2.47. The van der Waals surface area contributed by atoms with Gasteiger partial charge in [-0.05, 0) is 25.0 Å². The van der Waals surface area contributed by atoms with E-state index in [-0.39, 0.29) is 11.7 Å². The van der Waals surface area contributed by atoms with E-state index in [9.17, 15) is 4.79 Å². The first kappa shape index (κ1) is 8.24. The molecule has 2 rings (SSSR count). The van der Waals surface area contributed by atoms with Gasteiger partial charge in [-0.25, -0.2) is 0 Å². The Kier molecular flexibility index (Phi) is 2.01. The summed E-state index contributed by atoms with van der Waals surface area (Å²) in [5, 5.41) is 0. The molecule has 1 aromatic carbocycles. The van der Waals surface area contributed by atoms with E-state index in [1.807, 2.05) is 37.3 Å². The molecule has 0 N–H and O–H groups in total. The van der Waals surface area contributed by atoms with Gasteiger partial charge in [0.25, 0.3) is 0 Å². The second kappa shape index (κ2) is 3.17. The summed E-state index contributed by atoms with van der Waals surface area (Å²) >= 11 is 0. The summed E-state index contributed by atoms with van der Waals surface area (Å²) in [6.45, 7) is 2.01. The molecule has 0 spiro atoms. The fourth-order valence-electron chi connectivity index (χ4n) is 1.79. The second-order valence-corrected chi connectivity index (χ2v) is 3.56. The van der Waals surface area contributed by atoms with Crippen molar-refractivity contribution in [1.29, 1.82) is 0 Å². The summed E-state index contributed by atoms with van der Waals surface area (Å²) in [7, 11) is 0. The molecule has 0 amide bonds. The number of allylic oxidation sites excluding steroid dienone is 2. The van der Waals surface area contributed by atoms with Gasteiger partial charge in [0.05, 0.1) is 5.92 Å². The maximum Gasteiger partial charge on any atom is 0.163 e. The van der Waals surface area contributed by atoms with Crippen LogP contribution in [0.5, 0.6) is 0 Å². The third-order valence-corrected chi connectivity index (χ3v) is 2.46. The van der Waals surface area contributed by atoms with E-state index < -0.39 is 0 Å². The van der Waals surface area contributed by atoms with Crippen molar-refractivity contribution >= 4 is 5.78 Å². The second-order valence-electron chi connectivity index (χ2n) is 3.56. The molecule has 1 aromatic rings. The van der Waals surface area contributed by atoms with Gasteiger partial charge in [-0.2, -0.15) is 0 Å². The molecule has 1 aliphatic carbocycles. The molecule has 0 radical (unpaired) electrons. The van der Waals surface area contributed by atoms with Crippen molar-refractivity contribution in [2.75, 3.05) is 0 Å². The molecule has 0 aliphatic heterocycles. The number of hydrogen-bond donors (Lipinski definition) is 0. The predicted octanol–water partition coefficient (Wildman–Crippen LogP) is 2.69. The van der Waals surface area contributed by atoms with Gasteiger partial charge in [0.15, 0.2) is 5.78 Å². The number of hydrogen-bond acceptors (Lipinski definition) is 1. The largest absolute Gasteiger partial charge is 0.294 e. The Morgan fingerprint density at radius 2 is 1.92 bits per heavy atom. The first-order valence-corrected chi connectivity index (χ1v) is 4.53. The molecule has 0 saturated heterocycles. The van der Waals surface area contributed by atoms with Gasteiger partial charge < -0.3 is 0 Å². The molecule has 66 valence electrons. The highest BCUT2D eigenvalue weighted by atomic mass is 16.1. The van der Waals surface area contributed by atoms with Gasteiger partial charge in [0, 0.05) is 0 Å². The van der Waals surface area contributed by atoms with E-state index in [1.165, 1.54) is 5.57 Å². The van der Waals surface area contributed by atoms with Gasteiger partial charge in [-0.15, -0.1) is 0 Å². The highest BCUT2D eigenvalue weighted by Gasteiger charge is 2.24. The van der Waals surface area contributed by atoms with Crippen LogP contribution in [0.1, 0.15) is 24.8 Å². The molecule has 0 fully saturated rings. The van der Waals surface area contributed by atoms with Crippen molar-refractivity contribution in [2.45, 2.75) is 19.3 Å². The lowest BCUT2D eigenvalue weighted by Crippen LogP contribution is -2.03. The van der Waals surface area contributed by atoms with E-state index in [0.29, 0.717) is 0 Å². The van der Waals surface area contributed by atoms with Crippen LogP contribution < -0.4 is 0 Å². The standard InChI is InChI=1S/C12H12O/c1-9-7-11(12(13)8-9)10-5-3-2-4-6-10/h2-6,8,11H,7H2,1H3. The smallest absolute Gasteiger partial charge is 0.163 e. The monoisotopic (exact) mass is 172 g/mol. The minimum atomic E-state index is 0.0844. The van der Waals surface area contributed by atoms with Gasteiger partial charge in [0.1, 0.15) is 0 Å². The lowest BCUT2D eigenvalue weighted by molar-refractivity contribution is -0.115. The van der Waals surface area contributed by atoms with Gasteiger partial charge >= 0.3 is 0 Å². The molecule has 0 bridgehead atoms. The number of carbonyl (C=O) groups is 1. The Labute approximate surface area is 78.1 Å². The van der Waals surface area contributed by atoms with Crippen LogP contribution in [-0.2, 0) is 4.79 Å². The zero-order valence-electron chi connectivity index (χ0n) is 7.66. The molecule has 1 heteroatoms. The molecule has 13 heavy (non-hydrogen) atoms. The van der Waals surface area contributed by atoms with Crippen LogP contribution >= 0.6 is 0 Å². The first-order valence-electron chi connectivity index (χ1n) is 4.53. The van der Waals surface area contributed by atoms with Crippen molar-refractivity contribution in [3.05, 3.63) is 47.5 Å². The lowest BCUT2D eigenvalue weighted by Gasteiger charge is -2.07. The van der Waals surface area contributed by atoms with Crippen LogP contribution in [0.2, 0.25) is 0 Å². The van der Waals surface area contributed by atoms with E-state index >= 15 is 0 Å². The zero-order chi connectivity index (χ0) is 9.26. The van der Waals surface area contributed by atoms with Gasteiger partial charge in [0.2, 0.25) is 0 Å². The topological polar surface area (TPSA) is 17.1 Å². The van der Waals surface area contributed by atoms with Crippen LogP contribution in [0.25, 0.3) is 0 Å². The molecular weight excluding hydrogens is 160 g/mol. The Morgan fingerprint density at radius 1 is 1.23 bits per heavy atom. The van der Waals surface area contributed by atoms with E-state index in [2.05, 4.69) is 0 Å². The summed E-state index contributed by atoms with van der Waals surface area (Å²) in [5.41, 5.74) is 2.33. The maximum atomic E-state index is 11.5. The fraction of sp³-hybridized carbons (Fsp3) is 0.250. The number of ketones is 1.